The molecule has 5 heteroatoms. The van der Waals surface area contributed by atoms with Crippen LogP contribution in [0.1, 0.15) is 25.5 Å². The van der Waals surface area contributed by atoms with Gasteiger partial charge in [-0.1, -0.05) is 30.4 Å². The molecule has 1 aromatic heterocycles. The molecule has 124 valence electrons. The zero-order valence-electron chi connectivity index (χ0n) is 13.4. The predicted octanol–water partition coefficient (Wildman–Crippen LogP) is 3.87. The molecule has 0 amide bonds. The van der Waals surface area contributed by atoms with Crippen LogP contribution in [0, 0.1) is 0 Å². The van der Waals surface area contributed by atoms with Crippen LogP contribution in [0.25, 0.3) is 11.0 Å². The molecule has 2 aromatic rings. The summed E-state index contributed by atoms with van der Waals surface area (Å²) in [5.41, 5.74) is 0.948. The molecule has 0 saturated heterocycles. The Bertz CT molecular complexity index is 637. The largest absolute Gasteiger partial charge is 0.461 e. The molecule has 23 heavy (non-hydrogen) atoms. The van der Waals surface area contributed by atoms with Gasteiger partial charge in [0.25, 0.3) is 0 Å². The molecule has 1 heterocycles. The number of guanidine groups is 1. The minimum Gasteiger partial charge on any atom is -0.461 e. The van der Waals surface area contributed by atoms with E-state index >= 15 is 0 Å². The number of para-hydroxylation sites is 1. The number of nitrogens with zero attached hydrogens (tertiary/aromatic N) is 1. The van der Waals surface area contributed by atoms with Crippen molar-refractivity contribution in [1.29, 1.82) is 0 Å². The van der Waals surface area contributed by atoms with Crippen LogP contribution in [0.15, 0.2) is 51.9 Å². The Morgan fingerprint density at radius 2 is 2.04 bits per heavy atom. The van der Waals surface area contributed by atoms with Gasteiger partial charge in [-0.15, -0.1) is 24.0 Å². The SMILES string of the molecule is CCNC(=NCCc1cc2ccccc2o1)NC1CC=CC1.I. The van der Waals surface area contributed by atoms with Crippen LogP contribution < -0.4 is 10.6 Å². The van der Waals surface area contributed by atoms with E-state index in [1.807, 2.05) is 18.2 Å². The van der Waals surface area contributed by atoms with Gasteiger partial charge < -0.3 is 15.1 Å². The Balaban J connectivity index is 0.00000192. The topological polar surface area (TPSA) is 49.6 Å². The highest BCUT2D eigenvalue weighted by Gasteiger charge is 2.11. The molecule has 0 fully saturated rings. The number of fused-ring (bicyclic) bond motifs is 1. The van der Waals surface area contributed by atoms with Crippen molar-refractivity contribution in [2.75, 3.05) is 13.1 Å². The molecule has 2 N–H and O–H groups in total. The average molecular weight is 425 g/mol. The van der Waals surface area contributed by atoms with E-state index in [1.54, 1.807) is 0 Å². The van der Waals surface area contributed by atoms with E-state index in [-0.39, 0.29) is 24.0 Å². The van der Waals surface area contributed by atoms with E-state index < -0.39 is 0 Å². The van der Waals surface area contributed by atoms with Crippen molar-refractivity contribution < 1.29 is 4.42 Å². The molecule has 0 radical (unpaired) electrons. The van der Waals surface area contributed by atoms with Gasteiger partial charge in [-0.25, -0.2) is 0 Å². The Hall–Kier alpha value is -1.50. The first-order chi connectivity index (χ1) is 10.8. The van der Waals surface area contributed by atoms with Crippen molar-refractivity contribution in [3.05, 3.63) is 48.2 Å². The summed E-state index contributed by atoms with van der Waals surface area (Å²) in [7, 11) is 0. The summed E-state index contributed by atoms with van der Waals surface area (Å²) in [5, 5.41) is 7.93. The zero-order valence-corrected chi connectivity index (χ0v) is 15.7. The minimum atomic E-state index is 0. The molecule has 1 aromatic carbocycles. The lowest BCUT2D eigenvalue weighted by Gasteiger charge is -2.16. The summed E-state index contributed by atoms with van der Waals surface area (Å²) in [6, 6.07) is 10.7. The zero-order chi connectivity index (χ0) is 15.2. The quantitative estimate of drug-likeness (QED) is 0.331. The standard InChI is InChI=1S/C18H23N3O.HI/c1-2-19-18(21-15-8-4-5-9-15)20-12-11-16-13-14-7-3-6-10-17(14)22-16;/h3-7,10,13,15H,2,8-9,11-12H2,1H3,(H2,19,20,21);1H. The third kappa shape index (κ3) is 4.99. The highest BCUT2D eigenvalue weighted by molar-refractivity contribution is 14.0. The van der Waals surface area contributed by atoms with Gasteiger partial charge in [0.15, 0.2) is 5.96 Å². The number of rotatable bonds is 5. The maximum Gasteiger partial charge on any atom is 0.191 e. The van der Waals surface area contributed by atoms with Crippen molar-refractivity contribution in [1.82, 2.24) is 10.6 Å². The van der Waals surface area contributed by atoms with Crippen molar-refractivity contribution >= 4 is 40.9 Å². The Labute approximate surface area is 154 Å². The summed E-state index contributed by atoms with van der Waals surface area (Å²) in [6.07, 6.45) is 7.40. The van der Waals surface area contributed by atoms with E-state index in [9.17, 15) is 0 Å². The first kappa shape index (κ1) is 17.8. The number of hydrogen-bond acceptors (Lipinski definition) is 2. The number of hydrogen-bond donors (Lipinski definition) is 2. The second-order valence-corrected chi connectivity index (χ2v) is 5.55. The van der Waals surface area contributed by atoms with Gasteiger partial charge in [0, 0.05) is 30.9 Å². The summed E-state index contributed by atoms with van der Waals surface area (Å²) in [4.78, 5) is 4.65. The van der Waals surface area contributed by atoms with Gasteiger partial charge in [-0.05, 0) is 31.9 Å². The van der Waals surface area contributed by atoms with Crippen molar-refractivity contribution in [3.63, 3.8) is 0 Å². The Morgan fingerprint density at radius 1 is 1.26 bits per heavy atom. The number of benzene rings is 1. The van der Waals surface area contributed by atoms with Crippen LogP contribution in [-0.4, -0.2) is 25.1 Å². The van der Waals surface area contributed by atoms with Gasteiger partial charge in [0.2, 0.25) is 0 Å². The van der Waals surface area contributed by atoms with Crippen LogP contribution in [0.3, 0.4) is 0 Å². The molecule has 3 rings (SSSR count). The summed E-state index contributed by atoms with van der Waals surface area (Å²) < 4.78 is 5.82. The van der Waals surface area contributed by atoms with Gasteiger partial charge in [-0.3, -0.25) is 4.99 Å². The maximum atomic E-state index is 5.82. The van der Waals surface area contributed by atoms with Crippen LogP contribution in [-0.2, 0) is 6.42 Å². The predicted molar refractivity (Wildman–Crippen MR) is 107 cm³/mol. The fourth-order valence-corrected chi connectivity index (χ4v) is 2.69. The van der Waals surface area contributed by atoms with E-state index in [0.29, 0.717) is 6.04 Å². The fourth-order valence-electron chi connectivity index (χ4n) is 2.69. The monoisotopic (exact) mass is 425 g/mol. The smallest absolute Gasteiger partial charge is 0.191 e. The Morgan fingerprint density at radius 3 is 2.78 bits per heavy atom. The van der Waals surface area contributed by atoms with Crippen molar-refractivity contribution in [2.45, 2.75) is 32.2 Å². The molecule has 0 aliphatic heterocycles. The molecular weight excluding hydrogens is 401 g/mol. The van der Waals surface area contributed by atoms with Crippen LogP contribution in [0.2, 0.25) is 0 Å². The number of halogens is 1. The second-order valence-electron chi connectivity index (χ2n) is 5.55. The van der Waals surface area contributed by atoms with Crippen LogP contribution in [0.4, 0.5) is 0 Å². The highest BCUT2D eigenvalue weighted by Crippen LogP contribution is 2.19. The van der Waals surface area contributed by atoms with Crippen molar-refractivity contribution in [3.8, 4) is 0 Å². The van der Waals surface area contributed by atoms with E-state index in [4.69, 9.17) is 4.42 Å². The number of furan rings is 1. The van der Waals surface area contributed by atoms with Crippen LogP contribution in [0.5, 0.6) is 0 Å². The summed E-state index contributed by atoms with van der Waals surface area (Å²) >= 11 is 0. The van der Waals surface area contributed by atoms with E-state index in [0.717, 1.165) is 55.0 Å². The summed E-state index contributed by atoms with van der Waals surface area (Å²) in [5.74, 6) is 1.88. The molecule has 1 aliphatic rings. The van der Waals surface area contributed by atoms with Gasteiger partial charge in [-0.2, -0.15) is 0 Å². The first-order valence-electron chi connectivity index (χ1n) is 8.02. The van der Waals surface area contributed by atoms with Gasteiger partial charge in [0.1, 0.15) is 11.3 Å². The maximum absolute atomic E-state index is 5.82. The molecule has 1 aliphatic carbocycles. The van der Waals surface area contributed by atoms with Crippen molar-refractivity contribution in [2.24, 2.45) is 4.99 Å². The molecular formula is C18H24IN3O. The Kier molecular flexibility index (Phi) is 6.95. The lowest BCUT2D eigenvalue weighted by molar-refractivity contribution is 0.549. The molecule has 4 nitrogen and oxygen atoms in total. The fraction of sp³-hybridized carbons (Fsp3) is 0.389. The number of aliphatic imine (C=N–C) groups is 1. The third-order valence-corrected chi connectivity index (χ3v) is 3.80. The molecule has 0 unspecified atom stereocenters. The second kappa shape index (κ2) is 8.96. The summed E-state index contributed by atoms with van der Waals surface area (Å²) in [6.45, 7) is 3.68. The molecule has 0 spiro atoms. The third-order valence-electron chi connectivity index (χ3n) is 3.80. The first-order valence-corrected chi connectivity index (χ1v) is 8.02. The van der Waals surface area contributed by atoms with Crippen LogP contribution >= 0.6 is 24.0 Å². The highest BCUT2D eigenvalue weighted by atomic mass is 127. The lowest BCUT2D eigenvalue weighted by atomic mass is 10.2. The molecule has 0 saturated carbocycles. The van der Waals surface area contributed by atoms with Gasteiger partial charge in [0.05, 0.1) is 0 Å². The normalized spacial score (nSPS) is 14.9. The lowest BCUT2D eigenvalue weighted by Crippen LogP contribution is -2.42. The van der Waals surface area contributed by atoms with Gasteiger partial charge >= 0.3 is 0 Å². The average Bonchev–Trinajstić information content (AvgIpc) is 3.16. The number of nitrogens with one attached hydrogen (secondary N) is 2. The van der Waals surface area contributed by atoms with E-state index in [2.05, 4.69) is 46.8 Å². The van der Waals surface area contributed by atoms with E-state index in [1.165, 1.54) is 0 Å². The molecule has 0 bridgehead atoms. The molecule has 0 atom stereocenters. The minimum absolute atomic E-state index is 0.